The molecule has 0 spiro atoms. The number of ether oxygens (including phenoxy) is 1. The Bertz CT molecular complexity index is 914. The molecule has 10 nitrogen and oxygen atoms in total. The van der Waals surface area contributed by atoms with Crippen LogP contribution in [-0.4, -0.2) is 28.9 Å². The molecule has 0 aromatic heterocycles. The fourth-order valence-corrected chi connectivity index (χ4v) is 2.74. The summed E-state index contributed by atoms with van der Waals surface area (Å²) in [6.07, 6.45) is 1.08. The largest absolute Gasteiger partial charge is 0.492 e. The molecular weight excluding hydrogens is 356 g/mol. The van der Waals surface area contributed by atoms with Crippen molar-refractivity contribution in [3.63, 3.8) is 0 Å². The molecule has 1 amide bonds. The molecule has 0 atom stereocenters. The Morgan fingerprint density at radius 1 is 1.07 bits per heavy atom. The van der Waals surface area contributed by atoms with E-state index < -0.39 is 9.85 Å². The Hall–Kier alpha value is -3.69. The molecule has 27 heavy (non-hydrogen) atoms. The molecule has 140 valence electrons. The summed E-state index contributed by atoms with van der Waals surface area (Å²) in [5.74, 6) is 0.620. The van der Waals surface area contributed by atoms with Gasteiger partial charge in [0, 0.05) is 24.7 Å². The van der Waals surface area contributed by atoms with Crippen molar-refractivity contribution in [1.82, 2.24) is 0 Å². The normalized spacial score (nSPS) is 12.7. The molecule has 0 fully saturated rings. The quantitative estimate of drug-likeness (QED) is 0.433. The number of amides is 1. The number of nitro benzene ring substituents is 2. The van der Waals surface area contributed by atoms with Gasteiger partial charge in [0.1, 0.15) is 18.0 Å². The number of carbonyl (C=O) groups is 1. The van der Waals surface area contributed by atoms with Crippen LogP contribution in [0.3, 0.4) is 0 Å². The molecule has 10 heteroatoms. The van der Waals surface area contributed by atoms with Gasteiger partial charge in [-0.1, -0.05) is 0 Å². The molecule has 2 aromatic rings. The van der Waals surface area contributed by atoms with Crippen molar-refractivity contribution >= 4 is 28.7 Å². The number of aryl methyl sites for hydroxylation is 1. The van der Waals surface area contributed by atoms with E-state index in [0.29, 0.717) is 18.6 Å². The molecule has 0 unspecified atom stereocenters. The highest BCUT2D eigenvalue weighted by molar-refractivity contribution is 5.94. The second kappa shape index (κ2) is 7.68. The van der Waals surface area contributed by atoms with Crippen LogP contribution >= 0.6 is 0 Å². The molecular formula is C17H16N4O6. The molecule has 3 rings (SSSR count). The second-order valence-electron chi connectivity index (χ2n) is 5.86. The maximum absolute atomic E-state index is 11.4. The van der Waals surface area contributed by atoms with Gasteiger partial charge in [0.2, 0.25) is 5.91 Å². The summed E-state index contributed by atoms with van der Waals surface area (Å²) < 4.78 is 5.63. The fourth-order valence-electron chi connectivity index (χ4n) is 2.74. The fraction of sp³-hybridized carbons (Fsp3) is 0.235. The molecule has 0 radical (unpaired) electrons. The lowest BCUT2D eigenvalue weighted by molar-refractivity contribution is -0.393. The molecule has 0 bridgehead atoms. The van der Waals surface area contributed by atoms with Crippen LogP contribution in [0.4, 0.5) is 22.7 Å². The van der Waals surface area contributed by atoms with Crippen molar-refractivity contribution in [3.05, 3.63) is 62.2 Å². The topological polar surface area (TPSA) is 137 Å². The van der Waals surface area contributed by atoms with Crippen molar-refractivity contribution in [2.24, 2.45) is 0 Å². The van der Waals surface area contributed by atoms with Crippen LogP contribution < -0.4 is 15.4 Å². The van der Waals surface area contributed by atoms with Crippen LogP contribution in [0.15, 0.2) is 36.4 Å². The molecule has 1 aliphatic rings. The highest BCUT2D eigenvalue weighted by Gasteiger charge is 2.19. The van der Waals surface area contributed by atoms with Gasteiger partial charge >= 0.3 is 0 Å². The standard InChI is InChI=1S/C17H16N4O6/c22-17-6-1-11-9-13(3-5-14(11)19-17)27-8-7-18-15-4-2-12(20(23)24)10-16(15)21(25)26/h2-5,9-10,18H,1,6-8H2,(H,19,22). The number of rotatable bonds is 7. The van der Waals surface area contributed by atoms with E-state index in [0.717, 1.165) is 17.3 Å². The van der Waals surface area contributed by atoms with Crippen molar-refractivity contribution in [2.45, 2.75) is 12.8 Å². The number of nitrogens with one attached hydrogen (secondary N) is 2. The van der Waals surface area contributed by atoms with E-state index in [2.05, 4.69) is 10.6 Å². The number of non-ortho nitro benzene ring substituents is 1. The van der Waals surface area contributed by atoms with Gasteiger partial charge in [-0.15, -0.1) is 0 Å². The number of hydrogen-bond acceptors (Lipinski definition) is 7. The predicted molar refractivity (Wildman–Crippen MR) is 97.1 cm³/mol. The first-order valence-electron chi connectivity index (χ1n) is 8.16. The lowest BCUT2D eigenvalue weighted by Crippen LogP contribution is -2.19. The maximum atomic E-state index is 11.4. The number of anilines is 2. The van der Waals surface area contributed by atoms with Crippen LogP contribution in [0, 0.1) is 20.2 Å². The van der Waals surface area contributed by atoms with E-state index >= 15 is 0 Å². The second-order valence-corrected chi connectivity index (χ2v) is 5.86. The van der Waals surface area contributed by atoms with Crippen molar-refractivity contribution in [3.8, 4) is 5.75 Å². The highest BCUT2D eigenvalue weighted by Crippen LogP contribution is 2.29. The number of benzene rings is 2. The van der Waals surface area contributed by atoms with Crippen LogP contribution in [0.2, 0.25) is 0 Å². The zero-order valence-corrected chi connectivity index (χ0v) is 14.1. The zero-order chi connectivity index (χ0) is 19.4. The zero-order valence-electron chi connectivity index (χ0n) is 14.1. The smallest absolute Gasteiger partial charge is 0.299 e. The molecule has 2 N–H and O–H groups in total. The maximum Gasteiger partial charge on any atom is 0.299 e. The monoisotopic (exact) mass is 372 g/mol. The van der Waals surface area contributed by atoms with Gasteiger partial charge in [0.15, 0.2) is 0 Å². The molecule has 0 saturated heterocycles. The molecule has 1 heterocycles. The Morgan fingerprint density at radius 3 is 2.63 bits per heavy atom. The van der Waals surface area contributed by atoms with Gasteiger partial charge in [0.25, 0.3) is 11.4 Å². The van der Waals surface area contributed by atoms with Gasteiger partial charge in [-0.05, 0) is 36.2 Å². The van der Waals surface area contributed by atoms with Crippen LogP contribution in [0.25, 0.3) is 0 Å². The van der Waals surface area contributed by atoms with E-state index in [-0.39, 0.29) is 36.1 Å². The number of fused-ring (bicyclic) bond motifs is 1. The van der Waals surface area contributed by atoms with Gasteiger partial charge in [-0.25, -0.2) is 0 Å². The third-order valence-electron chi connectivity index (χ3n) is 4.05. The first-order chi connectivity index (χ1) is 12.9. The van der Waals surface area contributed by atoms with Gasteiger partial charge in [-0.3, -0.25) is 25.0 Å². The van der Waals surface area contributed by atoms with E-state index in [1.807, 2.05) is 6.07 Å². The van der Waals surface area contributed by atoms with E-state index in [9.17, 15) is 25.0 Å². The Balaban J connectivity index is 1.58. The summed E-state index contributed by atoms with van der Waals surface area (Å²) in [5, 5.41) is 27.5. The Kier molecular flexibility index (Phi) is 5.15. The highest BCUT2D eigenvalue weighted by atomic mass is 16.6. The van der Waals surface area contributed by atoms with Gasteiger partial charge in [0.05, 0.1) is 15.9 Å². The lowest BCUT2D eigenvalue weighted by atomic mass is 10.0. The summed E-state index contributed by atoms with van der Waals surface area (Å²) >= 11 is 0. The first-order valence-corrected chi connectivity index (χ1v) is 8.16. The summed E-state index contributed by atoms with van der Waals surface area (Å²) in [6, 6.07) is 8.78. The minimum Gasteiger partial charge on any atom is -0.492 e. The van der Waals surface area contributed by atoms with Crippen LogP contribution in [0.1, 0.15) is 12.0 Å². The summed E-state index contributed by atoms with van der Waals surface area (Å²) in [7, 11) is 0. The summed E-state index contributed by atoms with van der Waals surface area (Å²) in [5.41, 5.74) is 1.24. The van der Waals surface area contributed by atoms with Crippen LogP contribution in [0.5, 0.6) is 5.75 Å². The summed E-state index contributed by atoms with van der Waals surface area (Å²) in [6.45, 7) is 0.506. The lowest BCUT2D eigenvalue weighted by Gasteiger charge is -2.17. The summed E-state index contributed by atoms with van der Waals surface area (Å²) in [4.78, 5) is 31.8. The van der Waals surface area contributed by atoms with Gasteiger partial charge in [-0.2, -0.15) is 0 Å². The molecule has 0 aliphatic carbocycles. The first kappa shape index (κ1) is 18.1. The SMILES string of the molecule is O=C1CCc2cc(OCCNc3ccc([N+](=O)[O-])cc3[N+](=O)[O-])ccc2N1. The van der Waals surface area contributed by atoms with E-state index in [1.54, 1.807) is 12.1 Å². The molecule has 2 aromatic carbocycles. The average Bonchev–Trinajstić information content (AvgIpc) is 2.65. The number of carbonyl (C=O) groups excluding carboxylic acids is 1. The van der Waals surface area contributed by atoms with E-state index in [1.165, 1.54) is 12.1 Å². The molecule has 0 saturated carbocycles. The Labute approximate surface area is 153 Å². The minimum absolute atomic E-state index is 0.00920. The number of hydrogen-bond donors (Lipinski definition) is 2. The average molecular weight is 372 g/mol. The van der Waals surface area contributed by atoms with Crippen LogP contribution in [-0.2, 0) is 11.2 Å². The number of nitrogens with zero attached hydrogens (tertiary/aromatic N) is 2. The number of nitro groups is 2. The molecule has 1 aliphatic heterocycles. The minimum atomic E-state index is -0.682. The third-order valence-corrected chi connectivity index (χ3v) is 4.05. The third kappa shape index (κ3) is 4.29. The predicted octanol–water partition coefficient (Wildman–Crippen LogP) is 2.88. The van der Waals surface area contributed by atoms with Crippen molar-refractivity contribution < 1.29 is 19.4 Å². The van der Waals surface area contributed by atoms with Crippen molar-refractivity contribution in [2.75, 3.05) is 23.8 Å². The van der Waals surface area contributed by atoms with E-state index in [4.69, 9.17) is 4.74 Å². The van der Waals surface area contributed by atoms with Gasteiger partial charge < -0.3 is 15.4 Å². The van der Waals surface area contributed by atoms with Crippen molar-refractivity contribution in [1.29, 1.82) is 0 Å². The Morgan fingerprint density at radius 2 is 1.89 bits per heavy atom.